The minimum absolute atomic E-state index is 0.652. The summed E-state index contributed by atoms with van der Waals surface area (Å²) in [4.78, 5) is 5.93. The van der Waals surface area contributed by atoms with Crippen LogP contribution in [-0.4, -0.2) is 18.1 Å². The number of rotatable bonds is 6. The first kappa shape index (κ1) is 12.7. The van der Waals surface area contributed by atoms with Crippen LogP contribution < -0.4 is 5.32 Å². The van der Waals surface area contributed by atoms with Crippen LogP contribution in [0.3, 0.4) is 0 Å². The lowest BCUT2D eigenvalue weighted by atomic mass is 10.1. The summed E-state index contributed by atoms with van der Waals surface area (Å²) < 4.78 is 0. The molecule has 0 saturated carbocycles. The predicted octanol–water partition coefficient (Wildman–Crippen LogP) is 3.08. The Morgan fingerprint density at radius 3 is 2.53 bits per heavy atom. The van der Waals surface area contributed by atoms with Gasteiger partial charge in [-0.15, -0.1) is 11.3 Å². The lowest BCUT2D eigenvalue weighted by Gasteiger charge is -2.13. The number of hydrogen-bond acceptors (Lipinski definition) is 3. The maximum absolute atomic E-state index is 4.57. The van der Waals surface area contributed by atoms with Crippen LogP contribution in [0.25, 0.3) is 0 Å². The first-order valence-electron chi connectivity index (χ1n) is 5.77. The molecule has 0 amide bonds. The molecule has 0 bridgehead atoms. The van der Waals surface area contributed by atoms with Crippen LogP contribution in [0.2, 0.25) is 0 Å². The largest absolute Gasteiger partial charge is 0.317 e. The third-order valence-electron chi connectivity index (χ3n) is 2.82. The van der Waals surface area contributed by atoms with Crippen LogP contribution in [0, 0.1) is 13.8 Å². The average molecular weight is 226 g/mol. The van der Waals surface area contributed by atoms with Crippen LogP contribution in [0.1, 0.15) is 41.8 Å². The lowest BCUT2D eigenvalue weighted by Crippen LogP contribution is -2.25. The van der Waals surface area contributed by atoms with Crippen molar-refractivity contribution in [3.05, 3.63) is 15.6 Å². The van der Waals surface area contributed by atoms with Gasteiger partial charge >= 0.3 is 0 Å². The second kappa shape index (κ2) is 6.23. The highest BCUT2D eigenvalue weighted by Crippen LogP contribution is 2.18. The van der Waals surface area contributed by atoms with Gasteiger partial charge < -0.3 is 5.32 Å². The summed E-state index contributed by atoms with van der Waals surface area (Å²) in [5.41, 5.74) is 1.20. The summed E-state index contributed by atoms with van der Waals surface area (Å²) in [5.74, 6) is 0. The monoisotopic (exact) mass is 226 g/mol. The van der Waals surface area contributed by atoms with Crippen molar-refractivity contribution >= 4 is 11.3 Å². The molecule has 0 spiro atoms. The van der Waals surface area contributed by atoms with Gasteiger partial charge in [0, 0.05) is 17.3 Å². The number of nitrogens with one attached hydrogen (secondary N) is 1. The number of nitrogens with zero attached hydrogens (tertiary/aromatic N) is 1. The molecule has 15 heavy (non-hydrogen) atoms. The third-order valence-corrected chi connectivity index (χ3v) is 3.96. The molecular formula is C12H22N2S. The van der Waals surface area contributed by atoms with E-state index in [-0.39, 0.29) is 0 Å². The van der Waals surface area contributed by atoms with Gasteiger partial charge in [0.1, 0.15) is 0 Å². The van der Waals surface area contributed by atoms with E-state index < -0.39 is 0 Å². The molecule has 1 heterocycles. The van der Waals surface area contributed by atoms with Crippen LogP contribution in [0.15, 0.2) is 0 Å². The zero-order chi connectivity index (χ0) is 11.3. The highest BCUT2D eigenvalue weighted by Gasteiger charge is 2.08. The van der Waals surface area contributed by atoms with Crippen LogP contribution in [0.5, 0.6) is 0 Å². The van der Waals surface area contributed by atoms with E-state index in [0.717, 1.165) is 6.42 Å². The van der Waals surface area contributed by atoms with E-state index in [1.807, 2.05) is 11.3 Å². The van der Waals surface area contributed by atoms with Crippen LogP contribution >= 0.6 is 11.3 Å². The molecule has 1 N–H and O–H groups in total. The maximum atomic E-state index is 4.57. The molecule has 86 valence electrons. The van der Waals surface area contributed by atoms with Crippen molar-refractivity contribution in [1.82, 2.24) is 10.3 Å². The molecule has 0 saturated heterocycles. The first-order valence-corrected chi connectivity index (χ1v) is 6.59. The Bertz CT molecular complexity index is 274. The van der Waals surface area contributed by atoms with Crippen molar-refractivity contribution < 1.29 is 0 Å². The Hall–Kier alpha value is -0.410. The SMILES string of the molecule is CCCC(CCc1nc(C)c(C)s1)NC. The van der Waals surface area contributed by atoms with Crippen LogP contribution in [-0.2, 0) is 6.42 Å². The zero-order valence-electron chi connectivity index (χ0n) is 10.3. The van der Waals surface area contributed by atoms with Crippen molar-refractivity contribution in [2.45, 2.75) is 52.5 Å². The van der Waals surface area contributed by atoms with Crippen molar-refractivity contribution in [1.29, 1.82) is 0 Å². The topological polar surface area (TPSA) is 24.9 Å². The number of thiazole rings is 1. The molecule has 0 fully saturated rings. The molecule has 0 radical (unpaired) electrons. The molecule has 2 nitrogen and oxygen atoms in total. The van der Waals surface area contributed by atoms with E-state index in [1.165, 1.54) is 34.8 Å². The Kier molecular flexibility index (Phi) is 5.26. The van der Waals surface area contributed by atoms with Gasteiger partial charge in [0.05, 0.1) is 10.7 Å². The smallest absolute Gasteiger partial charge is 0.0931 e. The standard InChI is InChI=1S/C12H22N2S/c1-5-6-11(13-4)7-8-12-14-9(2)10(3)15-12/h11,13H,5-8H2,1-4H3. The van der Waals surface area contributed by atoms with Gasteiger partial charge in [-0.2, -0.15) is 0 Å². The van der Waals surface area contributed by atoms with Gasteiger partial charge in [0.25, 0.3) is 0 Å². The first-order chi connectivity index (χ1) is 7.17. The second-order valence-electron chi connectivity index (χ2n) is 4.06. The fourth-order valence-electron chi connectivity index (χ4n) is 1.73. The molecule has 1 atom stereocenters. The molecular weight excluding hydrogens is 204 g/mol. The van der Waals surface area contributed by atoms with Crippen molar-refractivity contribution in [2.24, 2.45) is 0 Å². The number of aromatic nitrogens is 1. The highest BCUT2D eigenvalue weighted by atomic mass is 32.1. The van der Waals surface area contributed by atoms with Crippen molar-refractivity contribution in [3.8, 4) is 0 Å². The lowest BCUT2D eigenvalue weighted by molar-refractivity contribution is 0.483. The summed E-state index contributed by atoms with van der Waals surface area (Å²) in [6.07, 6.45) is 4.84. The van der Waals surface area contributed by atoms with E-state index in [1.54, 1.807) is 0 Å². The van der Waals surface area contributed by atoms with Gasteiger partial charge in [-0.1, -0.05) is 13.3 Å². The Labute approximate surface area is 97.1 Å². The van der Waals surface area contributed by atoms with Crippen molar-refractivity contribution in [2.75, 3.05) is 7.05 Å². The average Bonchev–Trinajstić information content (AvgIpc) is 2.53. The minimum Gasteiger partial charge on any atom is -0.317 e. The van der Waals surface area contributed by atoms with Crippen molar-refractivity contribution in [3.63, 3.8) is 0 Å². The molecule has 0 aromatic carbocycles. The molecule has 1 aromatic rings. The fraction of sp³-hybridized carbons (Fsp3) is 0.750. The normalized spacial score (nSPS) is 13.1. The summed E-state index contributed by atoms with van der Waals surface area (Å²) in [6.45, 7) is 6.48. The maximum Gasteiger partial charge on any atom is 0.0931 e. The molecule has 0 aliphatic carbocycles. The van der Waals surface area contributed by atoms with E-state index >= 15 is 0 Å². The third kappa shape index (κ3) is 3.92. The summed E-state index contributed by atoms with van der Waals surface area (Å²) >= 11 is 1.85. The second-order valence-corrected chi connectivity index (χ2v) is 5.35. The number of aryl methyl sites for hydroxylation is 3. The van der Waals surface area contributed by atoms with Gasteiger partial charge in [0.15, 0.2) is 0 Å². The summed E-state index contributed by atoms with van der Waals surface area (Å²) in [7, 11) is 2.05. The molecule has 1 rings (SSSR count). The molecule has 1 unspecified atom stereocenters. The van der Waals surface area contributed by atoms with Crippen LogP contribution in [0.4, 0.5) is 0 Å². The quantitative estimate of drug-likeness (QED) is 0.806. The van der Waals surface area contributed by atoms with Gasteiger partial charge in [-0.25, -0.2) is 4.98 Å². The molecule has 0 aliphatic heterocycles. The minimum atomic E-state index is 0.652. The van der Waals surface area contributed by atoms with E-state index in [9.17, 15) is 0 Å². The fourth-order valence-corrected chi connectivity index (χ4v) is 2.67. The molecule has 0 aliphatic rings. The Morgan fingerprint density at radius 1 is 1.33 bits per heavy atom. The van der Waals surface area contributed by atoms with Gasteiger partial charge in [-0.05, 0) is 33.7 Å². The number of hydrogen-bond donors (Lipinski definition) is 1. The Morgan fingerprint density at radius 2 is 2.07 bits per heavy atom. The predicted molar refractivity (Wildman–Crippen MR) is 67.7 cm³/mol. The zero-order valence-corrected chi connectivity index (χ0v) is 11.1. The van der Waals surface area contributed by atoms with E-state index in [2.05, 4.69) is 38.1 Å². The molecule has 3 heteroatoms. The molecule has 1 aromatic heterocycles. The van der Waals surface area contributed by atoms with Gasteiger partial charge in [-0.3, -0.25) is 0 Å². The summed E-state index contributed by atoms with van der Waals surface area (Å²) in [5, 5.41) is 4.66. The Balaban J connectivity index is 2.41. The van der Waals surface area contributed by atoms with E-state index in [0.29, 0.717) is 6.04 Å². The van der Waals surface area contributed by atoms with E-state index in [4.69, 9.17) is 0 Å². The van der Waals surface area contributed by atoms with Gasteiger partial charge in [0.2, 0.25) is 0 Å². The summed E-state index contributed by atoms with van der Waals surface area (Å²) in [6, 6.07) is 0.652. The highest BCUT2D eigenvalue weighted by molar-refractivity contribution is 7.11.